The number of benzene rings is 2. The molecule has 5 nitrogen and oxygen atoms in total. The number of urea groups is 1. The van der Waals surface area contributed by atoms with E-state index in [1.165, 1.54) is 4.90 Å². The van der Waals surface area contributed by atoms with Crippen LogP contribution in [0.2, 0.25) is 0 Å². The van der Waals surface area contributed by atoms with Crippen molar-refractivity contribution in [1.29, 1.82) is 0 Å². The highest BCUT2D eigenvalue weighted by atomic mass is 79.9. The number of halogens is 1. The van der Waals surface area contributed by atoms with Gasteiger partial charge in [-0.25, -0.2) is 4.79 Å². The zero-order valence-corrected chi connectivity index (χ0v) is 13.1. The zero-order chi connectivity index (χ0) is 15.7. The second-order valence-electron chi connectivity index (χ2n) is 5.00. The molecule has 1 aliphatic rings. The van der Waals surface area contributed by atoms with Crippen LogP contribution in [0.25, 0.3) is 0 Å². The highest BCUT2D eigenvalue weighted by Crippen LogP contribution is 2.38. The average Bonchev–Trinajstić information content (AvgIpc) is 2.49. The summed E-state index contributed by atoms with van der Waals surface area (Å²) in [7, 11) is 0. The van der Waals surface area contributed by atoms with Gasteiger partial charge in [0.15, 0.2) is 0 Å². The molecule has 1 atom stereocenters. The van der Waals surface area contributed by atoms with Crippen molar-refractivity contribution in [2.45, 2.75) is 6.04 Å². The van der Waals surface area contributed by atoms with Crippen LogP contribution in [-0.4, -0.2) is 28.6 Å². The summed E-state index contributed by atoms with van der Waals surface area (Å²) in [5.41, 5.74) is 2.43. The quantitative estimate of drug-likeness (QED) is 0.880. The SMILES string of the molecule is O=C(O)CN1C(=O)Nc2ccc(Br)cc2[C@H]1c1ccccc1. The van der Waals surface area contributed by atoms with Crippen molar-refractivity contribution >= 4 is 33.6 Å². The molecule has 0 fully saturated rings. The predicted octanol–water partition coefficient (Wildman–Crippen LogP) is 3.47. The van der Waals surface area contributed by atoms with Gasteiger partial charge in [0.2, 0.25) is 0 Å². The van der Waals surface area contributed by atoms with Crippen LogP contribution in [0.5, 0.6) is 0 Å². The van der Waals surface area contributed by atoms with E-state index in [4.69, 9.17) is 5.11 Å². The van der Waals surface area contributed by atoms with Crippen LogP contribution >= 0.6 is 15.9 Å². The van der Waals surface area contributed by atoms with Gasteiger partial charge in [-0.3, -0.25) is 4.79 Å². The second-order valence-corrected chi connectivity index (χ2v) is 5.91. The highest BCUT2D eigenvalue weighted by molar-refractivity contribution is 9.10. The van der Waals surface area contributed by atoms with Crippen LogP contribution in [0.1, 0.15) is 17.2 Å². The summed E-state index contributed by atoms with van der Waals surface area (Å²) in [5, 5.41) is 11.9. The van der Waals surface area contributed by atoms with E-state index in [9.17, 15) is 9.59 Å². The summed E-state index contributed by atoms with van der Waals surface area (Å²) in [6, 6.07) is 14.1. The smallest absolute Gasteiger partial charge is 0.323 e. The third-order valence-corrected chi connectivity index (χ3v) is 4.04. The Labute approximate surface area is 135 Å². The molecule has 0 bridgehead atoms. The van der Waals surface area contributed by atoms with Crippen LogP contribution in [0.15, 0.2) is 53.0 Å². The molecule has 0 saturated heterocycles. The predicted molar refractivity (Wildman–Crippen MR) is 85.8 cm³/mol. The molecule has 112 valence electrons. The number of aliphatic carboxylic acids is 1. The summed E-state index contributed by atoms with van der Waals surface area (Å²) < 4.78 is 0.874. The van der Waals surface area contributed by atoms with Gasteiger partial charge in [-0.05, 0) is 23.8 Å². The van der Waals surface area contributed by atoms with Crippen LogP contribution in [0.3, 0.4) is 0 Å². The Morgan fingerprint density at radius 1 is 1.23 bits per heavy atom. The Bertz CT molecular complexity index is 733. The molecule has 0 saturated carbocycles. The van der Waals surface area contributed by atoms with Crippen LogP contribution in [-0.2, 0) is 4.79 Å². The normalized spacial score (nSPS) is 16.9. The van der Waals surface area contributed by atoms with Gasteiger partial charge < -0.3 is 15.3 Å². The molecule has 1 heterocycles. The number of carboxylic acids is 1. The zero-order valence-electron chi connectivity index (χ0n) is 11.5. The Morgan fingerprint density at radius 3 is 2.64 bits per heavy atom. The van der Waals surface area contributed by atoms with E-state index in [1.54, 1.807) is 0 Å². The van der Waals surface area contributed by atoms with E-state index in [1.807, 2.05) is 48.5 Å². The minimum absolute atomic E-state index is 0.364. The number of carboxylic acid groups (broad SMARTS) is 1. The molecule has 2 N–H and O–H groups in total. The molecule has 0 radical (unpaired) electrons. The molecule has 0 unspecified atom stereocenters. The lowest BCUT2D eigenvalue weighted by Gasteiger charge is -2.36. The van der Waals surface area contributed by atoms with E-state index in [0.29, 0.717) is 5.69 Å². The third kappa shape index (κ3) is 2.69. The number of hydrogen-bond donors (Lipinski definition) is 2. The number of nitrogens with one attached hydrogen (secondary N) is 1. The van der Waals surface area contributed by atoms with E-state index in [2.05, 4.69) is 21.2 Å². The maximum atomic E-state index is 12.3. The monoisotopic (exact) mass is 360 g/mol. The van der Waals surface area contributed by atoms with Crippen LogP contribution < -0.4 is 5.32 Å². The molecule has 2 aromatic carbocycles. The van der Waals surface area contributed by atoms with Gasteiger partial charge in [0.1, 0.15) is 6.54 Å². The molecule has 6 heteroatoms. The number of fused-ring (bicyclic) bond motifs is 1. The van der Waals surface area contributed by atoms with Gasteiger partial charge in [-0.2, -0.15) is 0 Å². The first kappa shape index (κ1) is 14.6. The first-order valence-electron chi connectivity index (χ1n) is 6.70. The Balaban J connectivity index is 2.15. The van der Waals surface area contributed by atoms with E-state index < -0.39 is 18.0 Å². The lowest BCUT2D eigenvalue weighted by molar-refractivity contribution is -0.137. The number of carbonyl (C=O) groups is 2. The van der Waals surface area contributed by atoms with Crippen molar-refractivity contribution in [2.24, 2.45) is 0 Å². The van der Waals surface area contributed by atoms with Crippen molar-refractivity contribution < 1.29 is 14.7 Å². The minimum atomic E-state index is -1.05. The van der Waals surface area contributed by atoms with Crippen molar-refractivity contribution in [3.05, 3.63) is 64.1 Å². The summed E-state index contributed by atoms with van der Waals surface area (Å²) >= 11 is 3.43. The number of nitrogens with zero attached hydrogens (tertiary/aromatic N) is 1. The summed E-state index contributed by atoms with van der Waals surface area (Å²) in [4.78, 5) is 24.8. The maximum Gasteiger partial charge on any atom is 0.323 e. The lowest BCUT2D eigenvalue weighted by atomic mass is 9.94. The fraction of sp³-hybridized carbons (Fsp3) is 0.125. The molecule has 3 rings (SSSR count). The number of rotatable bonds is 3. The maximum absolute atomic E-state index is 12.3. The molecule has 2 aromatic rings. The molecular weight excluding hydrogens is 348 g/mol. The molecule has 1 aliphatic heterocycles. The summed E-state index contributed by atoms with van der Waals surface area (Å²) in [5.74, 6) is -1.05. The third-order valence-electron chi connectivity index (χ3n) is 3.54. The summed E-state index contributed by atoms with van der Waals surface area (Å²) in [6.07, 6.45) is 0. The molecular formula is C16H13BrN2O3. The largest absolute Gasteiger partial charge is 0.480 e. The van der Waals surface area contributed by atoms with Crippen LogP contribution in [0.4, 0.5) is 10.5 Å². The van der Waals surface area contributed by atoms with Gasteiger partial charge in [0.05, 0.1) is 6.04 Å². The number of carbonyl (C=O) groups excluding carboxylic acids is 1. The first-order valence-corrected chi connectivity index (χ1v) is 7.49. The van der Waals surface area contributed by atoms with Gasteiger partial charge in [0.25, 0.3) is 0 Å². The Kier molecular flexibility index (Phi) is 3.85. The van der Waals surface area contributed by atoms with Gasteiger partial charge >= 0.3 is 12.0 Å². The number of hydrogen-bond acceptors (Lipinski definition) is 2. The minimum Gasteiger partial charge on any atom is -0.480 e. The number of anilines is 1. The van der Waals surface area contributed by atoms with Crippen molar-refractivity contribution in [1.82, 2.24) is 4.90 Å². The van der Waals surface area contributed by atoms with Crippen LogP contribution in [0, 0.1) is 0 Å². The molecule has 0 spiro atoms. The Hall–Kier alpha value is -2.34. The van der Waals surface area contributed by atoms with Gasteiger partial charge in [-0.1, -0.05) is 46.3 Å². The van der Waals surface area contributed by atoms with Gasteiger partial charge in [-0.15, -0.1) is 0 Å². The topological polar surface area (TPSA) is 69.6 Å². The van der Waals surface area contributed by atoms with Crippen molar-refractivity contribution in [3.8, 4) is 0 Å². The molecule has 0 aromatic heterocycles. The molecule has 22 heavy (non-hydrogen) atoms. The standard InChI is InChI=1S/C16H13BrN2O3/c17-11-6-7-13-12(8-11)15(10-4-2-1-3-5-10)19(9-14(20)21)16(22)18-13/h1-8,15H,9H2,(H,18,22)(H,20,21)/t15-/m1/s1. The second kappa shape index (κ2) is 5.81. The summed E-state index contributed by atoms with van der Waals surface area (Å²) in [6.45, 7) is -0.364. The van der Waals surface area contributed by atoms with E-state index in [0.717, 1.165) is 15.6 Å². The fourth-order valence-corrected chi connectivity index (χ4v) is 3.03. The van der Waals surface area contributed by atoms with E-state index >= 15 is 0 Å². The Morgan fingerprint density at radius 2 is 1.95 bits per heavy atom. The van der Waals surface area contributed by atoms with Crippen molar-refractivity contribution in [2.75, 3.05) is 11.9 Å². The number of amides is 2. The van der Waals surface area contributed by atoms with Crippen molar-refractivity contribution in [3.63, 3.8) is 0 Å². The molecule has 2 amide bonds. The van der Waals surface area contributed by atoms with Gasteiger partial charge in [0, 0.05) is 15.7 Å². The average molecular weight is 361 g/mol. The highest BCUT2D eigenvalue weighted by Gasteiger charge is 2.34. The lowest BCUT2D eigenvalue weighted by Crippen LogP contribution is -2.45. The van der Waals surface area contributed by atoms with E-state index in [-0.39, 0.29) is 6.54 Å². The first-order chi connectivity index (χ1) is 10.6. The fourth-order valence-electron chi connectivity index (χ4n) is 2.65. The molecule has 0 aliphatic carbocycles.